The summed E-state index contributed by atoms with van der Waals surface area (Å²) in [5.41, 5.74) is 1.49. The molecule has 0 aliphatic carbocycles. The van der Waals surface area contributed by atoms with E-state index < -0.39 is 6.04 Å². The van der Waals surface area contributed by atoms with Crippen molar-refractivity contribution >= 4 is 23.4 Å². The predicted octanol–water partition coefficient (Wildman–Crippen LogP) is 3.71. The fourth-order valence-electron chi connectivity index (χ4n) is 3.58. The van der Waals surface area contributed by atoms with Gasteiger partial charge in [-0.15, -0.1) is 0 Å². The Morgan fingerprint density at radius 1 is 1.07 bits per heavy atom. The van der Waals surface area contributed by atoms with Crippen molar-refractivity contribution in [2.45, 2.75) is 45.2 Å². The highest BCUT2D eigenvalue weighted by Gasteiger charge is 2.45. The van der Waals surface area contributed by atoms with Crippen LogP contribution in [0.15, 0.2) is 60.7 Å². The third-order valence-electron chi connectivity index (χ3n) is 4.92. The molecule has 5 nitrogen and oxygen atoms in total. The highest BCUT2D eigenvalue weighted by molar-refractivity contribution is 6.23. The van der Waals surface area contributed by atoms with E-state index in [2.05, 4.69) is 0 Å². The van der Waals surface area contributed by atoms with Crippen LogP contribution in [-0.4, -0.2) is 28.7 Å². The van der Waals surface area contributed by atoms with Gasteiger partial charge >= 0.3 is 0 Å². The zero-order valence-corrected chi connectivity index (χ0v) is 15.7. The Labute approximate surface area is 159 Å². The van der Waals surface area contributed by atoms with Gasteiger partial charge in [0.15, 0.2) is 0 Å². The van der Waals surface area contributed by atoms with Gasteiger partial charge in [0.05, 0.1) is 18.2 Å². The second-order valence-corrected chi connectivity index (χ2v) is 6.76. The second-order valence-electron chi connectivity index (χ2n) is 6.76. The van der Waals surface area contributed by atoms with E-state index in [1.165, 1.54) is 4.90 Å². The van der Waals surface area contributed by atoms with Crippen LogP contribution in [0.5, 0.6) is 0 Å². The van der Waals surface area contributed by atoms with Crippen LogP contribution in [0.2, 0.25) is 0 Å². The molecule has 1 aliphatic heterocycles. The predicted molar refractivity (Wildman–Crippen MR) is 104 cm³/mol. The number of rotatable bonds is 6. The highest BCUT2D eigenvalue weighted by Crippen LogP contribution is 2.31. The van der Waals surface area contributed by atoms with Crippen LogP contribution in [0, 0.1) is 0 Å². The summed E-state index contributed by atoms with van der Waals surface area (Å²) in [7, 11) is 0. The lowest BCUT2D eigenvalue weighted by atomic mass is 10.0. The molecule has 2 atom stereocenters. The van der Waals surface area contributed by atoms with Crippen LogP contribution < -0.4 is 4.90 Å². The summed E-state index contributed by atoms with van der Waals surface area (Å²) in [4.78, 5) is 41.4. The molecule has 140 valence electrons. The van der Waals surface area contributed by atoms with E-state index in [1.807, 2.05) is 50.2 Å². The van der Waals surface area contributed by atoms with E-state index in [1.54, 1.807) is 29.2 Å². The van der Waals surface area contributed by atoms with Gasteiger partial charge in [-0.3, -0.25) is 14.4 Å². The van der Waals surface area contributed by atoms with Gasteiger partial charge in [0.25, 0.3) is 5.91 Å². The Morgan fingerprint density at radius 3 is 2.26 bits per heavy atom. The first-order valence-corrected chi connectivity index (χ1v) is 9.32. The molecule has 1 aliphatic rings. The van der Waals surface area contributed by atoms with Crippen molar-refractivity contribution in [3.63, 3.8) is 0 Å². The zero-order chi connectivity index (χ0) is 19.4. The topological polar surface area (TPSA) is 57.7 Å². The van der Waals surface area contributed by atoms with Crippen LogP contribution in [0.4, 0.5) is 5.69 Å². The number of carbonyl (C=O) groups is 3. The summed E-state index contributed by atoms with van der Waals surface area (Å²) in [6.45, 7) is 3.84. The summed E-state index contributed by atoms with van der Waals surface area (Å²) < 4.78 is 0. The minimum absolute atomic E-state index is 0.0142. The van der Waals surface area contributed by atoms with Crippen LogP contribution in [0.25, 0.3) is 0 Å². The Balaban J connectivity index is 1.94. The molecular formula is C22H24N2O3. The summed E-state index contributed by atoms with van der Waals surface area (Å²) in [6.07, 6.45) is 1.05. The maximum absolute atomic E-state index is 13.1. The van der Waals surface area contributed by atoms with E-state index in [4.69, 9.17) is 0 Å². The SMILES string of the molecule is CCCC(=O)N(C1CC(=O)N(c2ccccc2)C1=O)C(C)c1ccccc1. The molecule has 0 saturated carbocycles. The lowest BCUT2D eigenvalue weighted by Crippen LogP contribution is -2.46. The Hall–Kier alpha value is -2.95. The summed E-state index contributed by atoms with van der Waals surface area (Å²) in [5.74, 6) is -0.709. The molecule has 0 bridgehead atoms. The molecular weight excluding hydrogens is 340 g/mol. The lowest BCUT2D eigenvalue weighted by Gasteiger charge is -2.33. The fraction of sp³-hybridized carbons (Fsp3) is 0.318. The molecule has 27 heavy (non-hydrogen) atoms. The van der Waals surface area contributed by atoms with E-state index in [0.717, 1.165) is 5.56 Å². The average molecular weight is 364 g/mol. The number of carbonyl (C=O) groups excluding carboxylic acids is 3. The number of benzene rings is 2. The first-order chi connectivity index (χ1) is 13.0. The molecule has 0 spiro atoms. The van der Waals surface area contributed by atoms with Crippen molar-refractivity contribution in [2.75, 3.05) is 4.90 Å². The van der Waals surface area contributed by atoms with Gasteiger partial charge in [0.1, 0.15) is 6.04 Å². The molecule has 3 rings (SSSR count). The van der Waals surface area contributed by atoms with Crippen molar-refractivity contribution in [3.05, 3.63) is 66.2 Å². The standard InChI is InChI=1S/C22H24N2O3/c1-3-10-20(25)23(16(2)17-11-6-4-7-12-17)19-15-21(26)24(22(19)27)18-13-8-5-9-14-18/h4-9,11-14,16,19H,3,10,15H2,1-2H3. The molecule has 0 radical (unpaired) electrons. The largest absolute Gasteiger partial charge is 0.323 e. The number of hydrogen-bond acceptors (Lipinski definition) is 3. The quantitative estimate of drug-likeness (QED) is 0.734. The summed E-state index contributed by atoms with van der Waals surface area (Å²) in [6, 6.07) is 17.4. The van der Waals surface area contributed by atoms with E-state index in [-0.39, 0.29) is 30.2 Å². The molecule has 2 unspecified atom stereocenters. The molecule has 2 aromatic rings. The van der Waals surface area contributed by atoms with Gasteiger partial charge in [-0.05, 0) is 31.0 Å². The third-order valence-corrected chi connectivity index (χ3v) is 4.92. The van der Waals surface area contributed by atoms with Crippen LogP contribution >= 0.6 is 0 Å². The Kier molecular flexibility index (Phi) is 5.69. The highest BCUT2D eigenvalue weighted by atomic mass is 16.2. The van der Waals surface area contributed by atoms with Crippen LogP contribution in [-0.2, 0) is 14.4 Å². The van der Waals surface area contributed by atoms with Crippen LogP contribution in [0.1, 0.15) is 44.7 Å². The average Bonchev–Trinajstić information content (AvgIpc) is 2.97. The smallest absolute Gasteiger partial charge is 0.257 e. The normalized spacial score (nSPS) is 17.9. The lowest BCUT2D eigenvalue weighted by molar-refractivity contribution is -0.141. The van der Waals surface area contributed by atoms with Crippen molar-refractivity contribution in [1.82, 2.24) is 4.90 Å². The number of anilines is 1. The van der Waals surface area contributed by atoms with Gasteiger partial charge in [-0.25, -0.2) is 4.90 Å². The number of amides is 3. The van der Waals surface area contributed by atoms with Crippen molar-refractivity contribution in [2.24, 2.45) is 0 Å². The van der Waals surface area contributed by atoms with E-state index >= 15 is 0 Å². The monoisotopic (exact) mass is 364 g/mol. The van der Waals surface area contributed by atoms with Crippen molar-refractivity contribution in [3.8, 4) is 0 Å². The molecule has 3 amide bonds. The minimum atomic E-state index is -0.771. The van der Waals surface area contributed by atoms with Crippen molar-refractivity contribution in [1.29, 1.82) is 0 Å². The van der Waals surface area contributed by atoms with Gasteiger partial charge < -0.3 is 4.90 Å². The second kappa shape index (κ2) is 8.16. The maximum Gasteiger partial charge on any atom is 0.257 e. The van der Waals surface area contributed by atoms with Gasteiger partial charge in [-0.2, -0.15) is 0 Å². The molecule has 1 saturated heterocycles. The zero-order valence-electron chi connectivity index (χ0n) is 15.7. The molecule has 1 heterocycles. The molecule has 0 aromatic heterocycles. The van der Waals surface area contributed by atoms with E-state index in [0.29, 0.717) is 18.5 Å². The van der Waals surface area contributed by atoms with Crippen molar-refractivity contribution < 1.29 is 14.4 Å². The van der Waals surface area contributed by atoms with E-state index in [9.17, 15) is 14.4 Å². The Morgan fingerprint density at radius 2 is 1.67 bits per heavy atom. The van der Waals surface area contributed by atoms with Gasteiger partial charge in [-0.1, -0.05) is 55.5 Å². The van der Waals surface area contributed by atoms with Gasteiger partial charge in [0, 0.05) is 6.42 Å². The Bertz CT molecular complexity index is 820. The maximum atomic E-state index is 13.1. The van der Waals surface area contributed by atoms with Gasteiger partial charge in [0.2, 0.25) is 11.8 Å². The number of para-hydroxylation sites is 1. The first-order valence-electron chi connectivity index (χ1n) is 9.32. The molecule has 0 N–H and O–H groups in total. The molecule has 2 aromatic carbocycles. The molecule has 5 heteroatoms. The third kappa shape index (κ3) is 3.77. The minimum Gasteiger partial charge on any atom is -0.323 e. The number of nitrogens with zero attached hydrogens (tertiary/aromatic N) is 2. The van der Waals surface area contributed by atoms with Crippen LogP contribution in [0.3, 0.4) is 0 Å². The summed E-state index contributed by atoms with van der Waals surface area (Å²) >= 11 is 0. The number of hydrogen-bond donors (Lipinski definition) is 0. The molecule has 1 fully saturated rings. The first kappa shape index (κ1) is 18.8. The summed E-state index contributed by atoms with van der Waals surface area (Å²) in [5, 5.41) is 0. The number of imide groups is 1. The fourth-order valence-corrected chi connectivity index (χ4v) is 3.58.